The molecule has 1 saturated heterocycles. The van der Waals surface area contributed by atoms with Gasteiger partial charge in [-0.15, -0.1) is 0 Å². The van der Waals surface area contributed by atoms with Gasteiger partial charge in [0.1, 0.15) is 5.52 Å². The second-order valence-electron chi connectivity index (χ2n) is 8.87. The van der Waals surface area contributed by atoms with E-state index in [1.165, 1.54) is 12.1 Å². The van der Waals surface area contributed by atoms with Crippen LogP contribution in [0.2, 0.25) is 0 Å². The number of nitrogens with two attached hydrogens (primary N) is 1. The highest BCUT2D eigenvalue weighted by atomic mass is 19.2. The maximum atomic E-state index is 14.4. The van der Waals surface area contributed by atoms with Crippen LogP contribution in [0, 0.1) is 17.6 Å². The number of hydrogen-bond acceptors (Lipinski definition) is 7. The lowest BCUT2D eigenvalue weighted by atomic mass is 9.85. The summed E-state index contributed by atoms with van der Waals surface area (Å²) in [6.45, 7) is 1.38. The Balaban J connectivity index is 1.51. The molecule has 5 rings (SSSR count). The van der Waals surface area contributed by atoms with E-state index in [0.29, 0.717) is 62.0 Å². The molecule has 2 fully saturated rings. The molecule has 9 nitrogen and oxygen atoms in total. The van der Waals surface area contributed by atoms with E-state index in [2.05, 4.69) is 20.6 Å². The van der Waals surface area contributed by atoms with Gasteiger partial charge in [0.15, 0.2) is 17.3 Å². The highest BCUT2D eigenvalue weighted by Gasteiger charge is 2.29. The number of nitrogens with one attached hydrogen (secondary N) is 2. The molecule has 1 aliphatic carbocycles. The maximum Gasteiger partial charge on any atom is 0.224 e. The van der Waals surface area contributed by atoms with Crippen molar-refractivity contribution in [3.8, 4) is 0 Å². The van der Waals surface area contributed by atoms with Crippen LogP contribution in [0.15, 0.2) is 24.4 Å². The Bertz CT molecular complexity index is 1190. The van der Waals surface area contributed by atoms with Crippen molar-refractivity contribution in [3.63, 3.8) is 0 Å². The van der Waals surface area contributed by atoms with Crippen LogP contribution in [0.3, 0.4) is 0 Å². The highest BCUT2D eigenvalue weighted by Crippen LogP contribution is 2.37. The Hall–Kier alpha value is -3.34. The molecule has 0 bridgehead atoms. The number of anilines is 3. The van der Waals surface area contributed by atoms with Crippen molar-refractivity contribution in [1.82, 2.24) is 19.5 Å². The topological polar surface area (TPSA) is 120 Å². The number of hydrogen-bond donors (Lipinski definition) is 3. The molecule has 3 aromatic rings. The van der Waals surface area contributed by atoms with E-state index in [1.54, 1.807) is 6.20 Å². The van der Waals surface area contributed by atoms with Crippen LogP contribution in [0.1, 0.15) is 44.6 Å². The van der Waals surface area contributed by atoms with E-state index in [-0.39, 0.29) is 29.6 Å². The number of aromatic nitrogens is 4. The van der Waals surface area contributed by atoms with Gasteiger partial charge in [0.25, 0.3) is 0 Å². The number of benzene rings is 1. The number of fused-ring (bicyclic) bond motifs is 1. The summed E-state index contributed by atoms with van der Waals surface area (Å²) in [5.41, 5.74) is 6.62. The fourth-order valence-electron chi connectivity index (χ4n) is 4.76. The second-order valence-corrected chi connectivity index (χ2v) is 8.87. The van der Waals surface area contributed by atoms with Gasteiger partial charge in [0.2, 0.25) is 17.8 Å². The molecule has 2 aromatic heterocycles. The molecule has 0 atom stereocenters. The minimum Gasteiger partial charge on any atom is -0.381 e. The van der Waals surface area contributed by atoms with Crippen LogP contribution < -0.4 is 16.4 Å². The van der Waals surface area contributed by atoms with Gasteiger partial charge in [-0.1, -0.05) is 6.07 Å². The van der Waals surface area contributed by atoms with E-state index in [1.807, 2.05) is 4.57 Å². The molecule has 1 saturated carbocycles. The number of nitrogens with zero attached hydrogens (tertiary/aromatic N) is 4. The molecule has 2 aliphatic rings. The molecular weight excluding hydrogens is 444 g/mol. The summed E-state index contributed by atoms with van der Waals surface area (Å²) in [4.78, 5) is 25.4. The Morgan fingerprint density at radius 3 is 2.59 bits per heavy atom. The Morgan fingerprint density at radius 1 is 1.09 bits per heavy atom. The third kappa shape index (κ3) is 4.52. The number of imidazole rings is 1. The quantitative estimate of drug-likeness (QED) is 0.502. The first-order valence-electron chi connectivity index (χ1n) is 11.6. The summed E-state index contributed by atoms with van der Waals surface area (Å²) in [5.74, 6) is -1.55. The largest absolute Gasteiger partial charge is 0.381 e. The zero-order chi connectivity index (χ0) is 23.7. The summed E-state index contributed by atoms with van der Waals surface area (Å²) in [5, 5.41) is 6.31. The average Bonchev–Trinajstić information content (AvgIpc) is 3.20. The molecule has 0 spiro atoms. The van der Waals surface area contributed by atoms with Crippen molar-refractivity contribution >= 4 is 34.7 Å². The second kappa shape index (κ2) is 9.49. The molecular formula is C23H27F2N7O2. The molecule has 4 N–H and O–H groups in total. The Labute approximate surface area is 195 Å². The van der Waals surface area contributed by atoms with Gasteiger partial charge in [-0.3, -0.25) is 9.36 Å². The van der Waals surface area contributed by atoms with Gasteiger partial charge in [-0.05, 0) is 50.7 Å². The molecule has 1 aliphatic heterocycles. The predicted octanol–water partition coefficient (Wildman–Crippen LogP) is 3.66. The summed E-state index contributed by atoms with van der Waals surface area (Å²) in [7, 11) is 0. The minimum absolute atomic E-state index is 0.0177. The zero-order valence-electron chi connectivity index (χ0n) is 18.6. The molecule has 180 valence electrons. The smallest absolute Gasteiger partial charge is 0.224 e. The van der Waals surface area contributed by atoms with E-state index < -0.39 is 11.6 Å². The fraction of sp³-hybridized carbons (Fsp3) is 0.478. The summed E-state index contributed by atoms with van der Waals surface area (Å²) in [6, 6.07) is 4.13. The van der Waals surface area contributed by atoms with Gasteiger partial charge in [-0.25, -0.2) is 18.7 Å². The van der Waals surface area contributed by atoms with Gasteiger partial charge >= 0.3 is 0 Å². The van der Waals surface area contributed by atoms with Crippen molar-refractivity contribution in [2.45, 2.75) is 50.6 Å². The summed E-state index contributed by atoms with van der Waals surface area (Å²) in [6.07, 6.45) is 6.02. The van der Waals surface area contributed by atoms with Crippen molar-refractivity contribution in [2.75, 3.05) is 23.8 Å². The van der Waals surface area contributed by atoms with Crippen LogP contribution in [-0.4, -0.2) is 44.7 Å². The number of ether oxygens (including phenoxy) is 1. The van der Waals surface area contributed by atoms with Crippen LogP contribution in [0.25, 0.3) is 11.2 Å². The summed E-state index contributed by atoms with van der Waals surface area (Å²) >= 11 is 0. The number of rotatable bonds is 6. The van der Waals surface area contributed by atoms with Gasteiger partial charge in [0, 0.05) is 31.2 Å². The molecule has 1 aromatic carbocycles. The molecule has 0 unspecified atom stereocenters. The number of carbonyl (C=O) groups is 1. The van der Waals surface area contributed by atoms with E-state index in [0.717, 1.165) is 18.9 Å². The SMILES string of the molecule is NC(=O)[C@H]1CC[C@@H](n2c(Nc3cccc(F)c3F)nc3cnc(NC4CCOCC4)nc32)CC1. The third-order valence-corrected chi connectivity index (χ3v) is 6.65. The molecule has 0 radical (unpaired) electrons. The normalized spacial score (nSPS) is 21.5. The minimum atomic E-state index is -0.980. The number of amides is 1. The first-order chi connectivity index (χ1) is 16.5. The molecule has 11 heteroatoms. The van der Waals surface area contributed by atoms with Crippen LogP contribution >= 0.6 is 0 Å². The third-order valence-electron chi connectivity index (χ3n) is 6.65. The van der Waals surface area contributed by atoms with Gasteiger partial charge < -0.3 is 21.1 Å². The van der Waals surface area contributed by atoms with Crippen molar-refractivity contribution in [3.05, 3.63) is 36.0 Å². The summed E-state index contributed by atoms with van der Waals surface area (Å²) < 4.78 is 35.5. The van der Waals surface area contributed by atoms with Crippen molar-refractivity contribution < 1.29 is 18.3 Å². The van der Waals surface area contributed by atoms with Gasteiger partial charge in [0.05, 0.1) is 11.9 Å². The van der Waals surface area contributed by atoms with E-state index in [9.17, 15) is 13.6 Å². The first-order valence-corrected chi connectivity index (χ1v) is 11.6. The van der Waals surface area contributed by atoms with E-state index in [4.69, 9.17) is 15.5 Å². The number of carbonyl (C=O) groups excluding carboxylic acids is 1. The Kier molecular flexibility index (Phi) is 6.27. The predicted molar refractivity (Wildman–Crippen MR) is 123 cm³/mol. The zero-order valence-corrected chi connectivity index (χ0v) is 18.6. The van der Waals surface area contributed by atoms with Gasteiger partial charge in [-0.2, -0.15) is 4.98 Å². The molecule has 34 heavy (non-hydrogen) atoms. The number of halogens is 2. The maximum absolute atomic E-state index is 14.4. The highest BCUT2D eigenvalue weighted by molar-refractivity contribution is 5.78. The lowest BCUT2D eigenvalue weighted by molar-refractivity contribution is -0.122. The lowest BCUT2D eigenvalue weighted by Gasteiger charge is -2.29. The van der Waals surface area contributed by atoms with Crippen LogP contribution in [0.5, 0.6) is 0 Å². The fourth-order valence-corrected chi connectivity index (χ4v) is 4.76. The van der Waals surface area contributed by atoms with Crippen LogP contribution in [0.4, 0.5) is 26.4 Å². The lowest BCUT2D eigenvalue weighted by Crippen LogP contribution is -2.29. The number of primary amides is 1. The van der Waals surface area contributed by atoms with E-state index >= 15 is 0 Å². The average molecular weight is 472 g/mol. The molecule has 1 amide bonds. The standard InChI is InChI=1S/C23H27F2N7O2/c24-16-2-1-3-17(19(16)25)29-23-30-18-12-27-22(28-14-8-10-34-11-9-14)31-21(18)32(23)15-6-4-13(5-7-15)20(26)33/h1-3,12-15H,4-11H2,(H2,26,33)(H,29,30)(H,27,28,31)/t13-,15+. The van der Waals surface area contributed by atoms with Crippen LogP contribution in [-0.2, 0) is 9.53 Å². The monoisotopic (exact) mass is 471 g/mol. The van der Waals surface area contributed by atoms with Crippen molar-refractivity contribution in [1.29, 1.82) is 0 Å². The Morgan fingerprint density at radius 2 is 1.85 bits per heavy atom. The first kappa shape index (κ1) is 22.5. The molecule has 3 heterocycles. The van der Waals surface area contributed by atoms with Crippen molar-refractivity contribution in [2.24, 2.45) is 11.7 Å².